The lowest BCUT2D eigenvalue weighted by atomic mass is 9.92. The number of aromatic nitrogens is 1. The average molecular weight is 456 g/mol. The van der Waals surface area contributed by atoms with E-state index in [1.807, 2.05) is 13.0 Å². The number of halogens is 5. The minimum Gasteiger partial charge on any atom is -0.355 e. The van der Waals surface area contributed by atoms with E-state index in [4.69, 9.17) is 11.6 Å². The van der Waals surface area contributed by atoms with Gasteiger partial charge in [-0.2, -0.15) is 13.2 Å². The van der Waals surface area contributed by atoms with E-state index in [0.29, 0.717) is 38.2 Å². The zero-order valence-electron chi connectivity index (χ0n) is 17.0. The summed E-state index contributed by atoms with van der Waals surface area (Å²) in [5.41, 5.74) is 1.18. The molecular weight excluding hydrogens is 434 g/mol. The highest BCUT2D eigenvalue weighted by Crippen LogP contribution is 2.36. The molecule has 0 unspecified atom stereocenters. The van der Waals surface area contributed by atoms with Crippen molar-refractivity contribution in [2.45, 2.75) is 38.8 Å². The topological polar surface area (TPSA) is 36.4 Å². The van der Waals surface area contributed by atoms with E-state index in [1.165, 1.54) is 6.07 Å². The average Bonchev–Trinajstić information content (AvgIpc) is 2.72. The summed E-state index contributed by atoms with van der Waals surface area (Å²) < 4.78 is 53.1. The smallest absolute Gasteiger partial charge is 0.355 e. The van der Waals surface area contributed by atoms with Crippen molar-refractivity contribution >= 4 is 29.0 Å². The third-order valence-corrected chi connectivity index (χ3v) is 6.22. The summed E-state index contributed by atoms with van der Waals surface area (Å²) in [6, 6.07) is 4.25. The number of anilines is 2. The molecule has 0 atom stereocenters. The largest absolute Gasteiger partial charge is 0.417 e. The Balaban J connectivity index is 1.46. The number of carbonyl (C=O) groups excluding carboxylic acids is 1. The zero-order valence-corrected chi connectivity index (χ0v) is 17.7. The first-order valence-corrected chi connectivity index (χ1v) is 10.6. The van der Waals surface area contributed by atoms with Crippen molar-refractivity contribution in [3.05, 3.63) is 51.9 Å². The number of fused-ring (bicyclic) bond motifs is 1. The van der Waals surface area contributed by atoms with Crippen LogP contribution in [0.15, 0.2) is 24.4 Å². The third-order valence-electron chi connectivity index (χ3n) is 5.94. The molecule has 1 amide bonds. The SMILES string of the molecule is Cc1cc(F)c2c(c1)CCCN2C(=O)C1CCN(c2ncc(C(F)(F)F)cc2Cl)CC1. The minimum absolute atomic E-state index is 0.0676. The number of hydrogen-bond acceptors (Lipinski definition) is 3. The van der Waals surface area contributed by atoms with Crippen molar-refractivity contribution in [3.8, 4) is 0 Å². The molecule has 2 aromatic rings. The Labute approximate surface area is 182 Å². The van der Waals surface area contributed by atoms with Crippen molar-refractivity contribution in [3.63, 3.8) is 0 Å². The van der Waals surface area contributed by atoms with Crippen LogP contribution in [-0.4, -0.2) is 30.5 Å². The van der Waals surface area contributed by atoms with Crippen molar-refractivity contribution in [1.29, 1.82) is 0 Å². The molecular formula is C22H22ClF4N3O. The summed E-state index contributed by atoms with van der Waals surface area (Å²) in [4.78, 5) is 20.5. The van der Waals surface area contributed by atoms with Gasteiger partial charge in [0.2, 0.25) is 5.91 Å². The number of aryl methyl sites for hydroxylation is 2. The van der Waals surface area contributed by atoms with E-state index in [0.717, 1.165) is 36.2 Å². The third kappa shape index (κ3) is 4.35. The van der Waals surface area contributed by atoms with Crippen LogP contribution in [0, 0.1) is 18.7 Å². The molecule has 4 rings (SSSR count). The van der Waals surface area contributed by atoms with Gasteiger partial charge in [0.05, 0.1) is 16.3 Å². The Kier molecular flexibility index (Phi) is 5.85. The van der Waals surface area contributed by atoms with Crippen LogP contribution in [0.2, 0.25) is 5.02 Å². The number of amides is 1. The second kappa shape index (κ2) is 8.30. The lowest BCUT2D eigenvalue weighted by Gasteiger charge is -2.37. The van der Waals surface area contributed by atoms with Gasteiger partial charge >= 0.3 is 6.18 Å². The number of nitrogens with zero attached hydrogens (tertiary/aromatic N) is 3. The molecule has 1 fully saturated rings. The summed E-state index contributed by atoms with van der Waals surface area (Å²) in [6.07, 6.45) is -1.21. The molecule has 1 aromatic heterocycles. The molecule has 9 heteroatoms. The van der Waals surface area contributed by atoms with Crippen molar-refractivity contribution in [1.82, 2.24) is 4.98 Å². The second-order valence-corrected chi connectivity index (χ2v) is 8.54. The van der Waals surface area contributed by atoms with Crippen LogP contribution in [0.4, 0.5) is 29.1 Å². The predicted octanol–water partition coefficient (Wildman–Crippen LogP) is 5.40. The van der Waals surface area contributed by atoms with Gasteiger partial charge in [-0.05, 0) is 55.9 Å². The van der Waals surface area contributed by atoms with Gasteiger partial charge in [-0.3, -0.25) is 4.79 Å². The summed E-state index contributed by atoms with van der Waals surface area (Å²) in [6.45, 7) is 3.19. The lowest BCUT2D eigenvalue weighted by Crippen LogP contribution is -2.45. The highest BCUT2D eigenvalue weighted by atomic mass is 35.5. The first-order valence-electron chi connectivity index (χ1n) is 10.2. The predicted molar refractivity (Wildman–Crippen MR) is 111 cm³/mol. The highest BCUT2D eigenvalue weighted by molar-refractivity contribution is 6.33. The Morgan fingerprint density at radius 2 is 1.87 bits per heavy atom. The molecule has 3 heterocycles. The maximum atomic E-state index is 14.6. The molecule has 0 saturated carbocycles. The van der Waals surface area contributed by atoms with E-state index in [2.05, 4.69) is 4.98 Å². The van der Waals surface area contributed by atoms with Gasteiger partial charge in [-0.25, -0.2) is 9.37 Å². The number of benzene rings is 1. The first-order chi connectivity index (χ1) is 14.6. The van der Waals surface area contributed by atoms with E-state index in [9.17, 15) is 22.4 Å². The van der Waals surface area contributed by atoms with Crippen LogP contribution in [0.1, 0.15) is 36.0 Å². The fourth-order valence-corrected chi connectivity index (χ4v) is 4.72. The van der Waals surface area contributed by atoms with Gasteiger partial charge < -0.3 is 9.80 Å². The van der Waals surface area contributed by atoms with Crippen molar-refractivity contribution in [2.75, 3.05) is 29.4 Å². The van der Waals surface area contributed by atoms with E-state index in [1.54, 1.807) is 9.80 Å². The van der Waals surface area contributed by atoms with Crippen LogP contribution in [0.3, 0.4) is 0 Å². The molecule has 0 bridgehead atoms. The molecule has 0 radical (unpaired) electrons. The molecule has 2 aliphatic rings. The summed E-state index contributed by atoms with van der Waals surface area (Å²) >= 11 is 6.05. The molecule has 166 valence electrons. The van der Waals surface area contributed by atoms with Gasteiger partial charge in [0, 0.05) is 31.7 Å². The Morgan fingerprint density at radius 1 is 1.16 bits per heavy atom. The van der Waals surface area contributed by atoms with E-state index < -0.39 is 11.7 Å². The number of hydrogen-bond donors (Lipinski definition) is 0. The molecule has 2 aliphatic heterocycles. The summed E-state index contributed by atoms with van der Waals surface area (Å²) in [5, 5.41) is -0.0676. The maximum absolute atomic E-state index is 14.6. The molecule has 1 saturated heterocycles. The summed E-state index contributed by atoms with van der Waals surface area (Å²) in [7, 11) is 0. The first kappa shape index (κ1) is 21.9. The van der Waals surface area contributed by atoms with Crippen LogP contribution in [-0.2, 0) is 17.4 Å². The molecule has 1 aromatic carbocycles. The number of carbonyl (C=O) groups is 1. The number of alkyl halides is 3. The highest BCUT2D eigenvalue weighted by Gasteiger charge is 2.35. The Morgan fingerprint density at radius 3 is 2.52 bits per heavy atom. The Hall–Kier alpha value is -2.35. The van der Waals surface area contributed by atoms with Crippen LogP contribution < -0.4 is 9.80 Å². The van der Waals surface area contributed by atoms with E-state index >= 15 is 0 Å². The van der Waals surface area contributed by atoms with Crippen molar-refractivity contribution < 1.29 is 22.4 Å². The van der Waals surface area contributed by atoms with Gasteiger partial charge in [0.25, 0.3) is 0 Å². The fourth-order valence-electron chi connectivity index (χ4n) is 4.44. The van der Waals surface area contributed by atoms with Crippen LogP contribution >= 0.6 is 11.6 Å². The van der Waals surface area contributed by atoms with E-state index in [-0.39, 0.29) is 28.5 Å². The van der Waals surface area contributed by atoms with Gasteiger partial charge in [-0.1, -0.05) is 17.7 Å². The van der Waals surface area contributed by atoms with Crippen molar-refractivity contribution in [2.24, 2.45) is 5.92 Å². The zero-order chi connectivity index (χ0) is 22.3. The second-order valence-electron chi connectivity index (χ2n) is 8.14. The molecule has 0 spiro atoms. The van der Waals surface area contributed by atoms with Gasteiger partial charge in [0.15, 0.2) is 0 Å². The maximum Gasteiger partial charge on any atom is 0.417 e. The number of rotatable bonds is 2. The van der Waals surface area contributed by atoms with Crippen LogP contribution in [0.5, 0.6) is 0 Å². The number of piperidine rings is 1. The Bertz CT molecular complexity index is 1000. The number of pyridine rings is 1. The molecule has 0 aliphatic carbocycles. The minimum atomic E-state index is -4.51. The quantitative estimate of drug-likeness (QED) is 0.569. The standard InChI is InChI=1S/C22H22ClF4N3O/c1-13-9-15-3-2-6-30(19(15)18(24)10-13)21(31)14-4-7-29(8-5-14)20-17(23)11-16(12-28-20)22(25,26)27/h9-12,14H,2-8H2,1H3. The molecule has 0 N–H and O–H groups in total. The van der Waals surface area contributed by atoms with Gasteiger partial charge in [0.1, 0.15) is 11.6 Å². The van der Waals surface area contributed by atoms with Gasteiger partial charge in [-0.15, -0.1) is 0 Å². The lowest BCUT2D eigenvalue weighted by molar-refractivity contribution is -0.137. The molecule has 31 heavy (non-hydrogen) atoms. The molecule has 4 nitrogen and oxygen atoms in total. The van der Waals surface area contributed by atoms with Crippen LogP contribution in [0.25, 0.3) is 0 Å². The summed E-state index contributed by atoms with van der Waals surface area (Å²) in [5.74, 6) is -0.474. The normalized spacial score (nSPS) is 17.6. The monoisotopic (exact) mass is 455 g/mol. The fraction of sp³-hybridized carbons (Fsp3) is 0.455.